The number of rotatable bonds is 5. The summed E-state index contributed by atoms with van der Waals surface area (Å²) in [5, 5.41) is 0.709. The lowest BCUT2D eigenvalue weighted by Gasteiger charge is -2.38. The second-order valence-electron chi connectivity index (χ2n) is 9.00. The van der Waals surface area contributed by atoms with E-state index in [4.69, 9.17) is 0 Å². The molecule has 2 saturated heterocycles. The van der Waals surface area contributed by atoms with Crippen molar-refractivity contribution in [1.82, 2.24) is 19.4 Å². The molecule has 1 atom stereocenters. The first-order valence-electron chi connectivity index (χ1n) is 11.2. The van der Waals surface area contributed by atoms with Gasteiger partial charge in [-0.05, 0) is 71.4 Å². The van der Waals surface area contributed by atoms with Crippen molar-refractivity contribution in [2.24, 2.45) is 0 Å². The lowest BCUT2D eigenvalue weighted by atomic mass is 10.00. The van der Waals surface area contributed by atoms with Crippen LogP contribution in [0.1, 0.15) is 45.6 Å². The Morgan fingerprint density at radius 2 is 1.90 bits per heavy atom. The number of aromatic nitrogens is 2. The molecule has 1 aromatic heterocycles. The van der Waals surface area contributed by atoms with Gasteiger partial charge in [-0.15, -0.1) is 0 Å². The maximum Gasteiger partial charge on any atom is 0.261 e. The fraction of sp³-hybridized carbons (Fsp3) is 0.652. The Bertz CT molecular complexity index is 884. The molecule has 29 heavy (non-hydrogen) atoms. The molecule has 2 fully saturated rings. The average molecular weight is 398 g/mol. The van der Waals surface area contributed by atoms with Gasteiger partial charge < -0.3 is 9.80 Å². The Hall–Kier alpha value is -1.92. The highest BCUT2D eigenvalue weighted by Gasteiger charge is 2.22. The van der Waals surface area contributed by atoms with E-state index in [0.29, 0.717) is 5.39 Å². The highest BCUT2D eigenvalue weighted by molar-refractivity contribution is 5.81. The summed E-state index contributed by atoms with van der Waals surface area (Å²) in [7, 11) is 2.28. The van der Waals surface area contributed by atoms with Gasteiger partial charge in [0, 0.05) is 44.0 Å². The largest absolute Gasteiger partial charge is 0.369 e. The number of hydrogen-bond acceptors (Lipinski definition) is 5. The van der Waals surface area contributed by atoms with E-state index in [2.05, 4.69) is 38.9 Å². The number of piperidine rings is 1. The molecule has 6 nitrogen and oxygen atoms in total. The van der Waals surface area contributed by atoms with Crippen LogP contribution in [0.4, 0.5) is 5.69 Å². The van der Waals surface area contributed by atoms with Crippen LogP contribution in [0.5, 0.6) is 0 Å². The maximum atomic E-state index is 12.6. The normalized spacial score (nSPS) is 21.9. The summed E-state index contributed by atoms with van der Waals surface area (Å²) in [5.41, 5.74) is 2.03. The lowest BCUT2D eigenvalue weighted by Crippen LogP contribution is -2.48. The van der Waals surface area contributed by atoms with Crippen molar-refractivity contribution in [3.8, 4) is 0 Å². The molecular formula is C23H35N5O. The monoisotopic (exact) mass is 397 g/mol. The van der Waals surface area contributed by atoms with Gasteiger partial charge in [-0.25, -0.2) is 4.98 Å². The van der Waals surface area contributed by atoms with Crippen molar-refractivity contribution in [3.63, 3.8) is 0 Å². The van der Waals surface area contributed by atoms with E-state index in [9.17, 15) is 4.79 Å². The number of piperazine rings is 1. The zero-order valence-corrected chi connectivity index (χ0v) is 18.2. The summed E-state index contributed by atoms with van der Waals surface area (Å²) in [6.45, 7) is 10.8. The van der Waals surface area contributed by atoms with Gasteiger partial charge in [0.05, 0.1) is 17.2 Å². The zero-order chi connectivity index (χ0) is 20.4. The van der Waals surface area contributed by atoms with Crippen molar-refractivity contribution in [1.29, 1.82) is 0 Å². The first-order valence-corrected chi connectivity index (χ1v) is 11.2. The number of benzene rings is 1. The van der Waals surface area contributed by atoms with Gasteiger partial charge in [0.1, 0.15) is 0 Å². The minimum Gasteiger partial charge on any atom is -0.369 e. The number of likely N-dealkylation sites (tertiary alicyclic amines) is 1. The highest BCUT2D eigenvalue weighted by atomic mass is 16.1. The van der Waals surface area contributed by atoms with Crippen LogP contribution in [0, 0.1) is 0 Å². The zero-order valence-electron chi connectivity index (χ0n) is 18.2. The molecule has 0 spiro atoms. The molecule has 0 aliphatic carbocycles. The lowest BCUT2D eigenvalue weighted by molar-refractivity contribution is 0.151. The van der Waals surface area contributed by atoms with Crippen LogP contribution in [0.15, 0.2) is 29.3 Å². The third kappa shape index (κ3) is 4.48. The molecule has 0 saturated carbocycles. The van der Waals surface area contributed by atoms with Crippen molar-refractivity contribution in [2.45, 2.75) is 51.6 Å². The van der Waals surface area contributed by atoms with E-state index in [1.54, 1.807) is 10.9 Å². The van der Waals surface area contributed by atoms with Gasteiger partial charge in [0.2, 0.25) is 0 Å². The third-order valence-electron chi connectivity index (χ3n) is 6.76. The number of hydrogen-bond donors (Lipinski definition) is 0. The summed E-state index contributed by atoms with van der Waals surface area (Å²) >= 11 is 0. The molecule has 0 N–H and O–H groups in total. The Morgan fingerprint density at radius 3 is 2.62 bits per heavy atom. The number of fused-ring (bicyclic) bond motifs is 1. The van der Waals surface area contributed by atoms with Crippen molar-refractivity contribution < 1.29 is 0 Å². The third-order valence-corrected chi connectivity index (χ3v) is 6.76. The van der Waals surface area contributed by atoms with Crippen LogP contribution in [-0.2, 0) is 0 Å². The smallest absolute Gasteiger partial charge is 0.261 e. The van der Waals surface area contributed by atoms with Gasteiger partial charge in [-0.2, -0.15) is 0 Å². The predicted octanol–water partition coefficient (Wildman–Crippen LogP) is 2.97. The molecule has 0 radical (unpaired) electrons. The summed E-state index contributed by atoms with van der Waals surface area (Å²) < 4.78 is 1.70. The Kier molecular flexibility index (Phi) is 6.20. The van der Waals surface area contributed by atoms with Gasteiger partial charge in [-0.1, -0.05) is 6.42 Å². The predicted molar refractivity (Wildman–Crippen MR) is 120 cm³/mol. The van der Waals surface area contributed by atoms with Crippen LogP contribution in [-0.4, -0.2) is 71.7 Å². The first-order chi connectivity index (χ1) is 14.0. The van der Waals surface area contributed by atoms with Crippen molar-refractivity contribution in [2.75, 3.05) is 51.2 Å². The number of anilines is 1. The quantitative estimate of drug-likeness (QED) is 0.776. The van der Waals surface area contributed by atoms with E-state index in [0.717, 1.165) is 37.7 Å². The molecule has 4 rings (SSSR count). The summed E-state index contributed by atoms with van der Waals surface area (Å²) in [6, 6.07) is 7.00. The fourth-order valence-corrected chi connectivity index (χ4v) is 4.76. The average Bonchev–Trinajstić information content (AvgIpc) is 2.73. The fourth-order valence-electron chi connectivity index (χ4n) is 4.76. The minimum atomic E-state index is 0.0500. The van der Waals surface area contributed by atoms with Crippen LogP contribution < -0.4 is 10.5 Å². The molecule has 158 valence electrons. The van der Waals surface area contributed by atoms with Gasteiger partial charge in [0.25, 0.3) is 5.56 Å². The molecule has 1 unspecified atom stereocenters. The first kappa shape index (κ1) is 20.4. The molecular weight excluding hydrogens is 362 g/mol. The van der Waals surface area contributed by atoms with Crippen LogP contribution in [0.2, 0.25) is 0 Å². The van der Waals surface area contributed by atoms with E-state index in [-0.39, 0.29) is 11.6 Å². The van der Waals surface area contributed by atoms with Gasteiger partial charge in [0.15, 0.2) is 0 Å². The second kappa shape index (κ2) is 8.84. The molecule has 0 amide bonds. The summed E-state index contributed by atoms with van der Waals surface area (Å²) in [4.78, 5) is 24.8. The van der Waals surface area contributed by atoms with Gasteiger partial charge in [-0.3, -0.25) is 14.3 Å². The SMILES string of the molecule is CC(C)n1cnc2cc(N3CCN(CCC4CCCCN4C)CC3)ccc2c1=O. The van der Waals surface area contributed by atoms with Crippen molar-refractivity contribution in [3.05, 3.63) is 34.9 Å². The van der Waals surface area contributed by atoms with E-state index < -0.39 is 0 Å². The maximum absolute atomic E-state index is 12.6. The minimum absolute atomic E-state index is 0.0500. The molecule has 2 aromatic rings. The van der Waals surface area contributed by atoms with Crippen LogP contribution in [0.25, 0.3) is 10.9 Å². The van der Waals surface area contributed by atoms with Crippen LogP contribution in [0.3, 0.4) is 0 Å². The molecule has 2 aliphatic heterocycles. The molecule has 0 bridgehead atoms. The molecule has 2 aliphatic rings. The highest BCUT2D eigenvalue weighted by Crippen LogP contribution is 2.22. The Balaban J connectivity index is 1.36. The van der Waals surface area contributed by atoms with E-state index >= 15 is 0 Å². The molecule has 3 heterocycles. The van der Waals surface area contributed by atoms with Gasteiger partial charge >= 0.3 is 0 Å². The van der Waals surface area contributed by atoms with Crippen molar-refractivity contribution >= 4 is 16.6 Å². The Morgan fingerprint density at radius 1 is 1.10 bits per heavy atom. The summed E-state index contributed by atoms with van der Waals surface area (Å²) in [5.74, 6) is 0. The second-order valence-corrected chi connectivity index (χ2v) is 9.00. The number of nitrogens with zero attached hydrogens (tertiary/aromatic N) is 5. The molecule has 6 heteroatoms. The van der Waals surface area contributed by atoms with E-state index in [1.807, 2.05) is 19.9 Å². The Labute approximate surface area is 174 Å². The van der Waals surface area contributed by atoms with Crippen LogP contribution >= 0.6 is 0 Å². The van der Waals surface area contributed by atoms with E-state index in [1.165, 1.54) is 44.5 Å². The molecule has 1 aromatic carbocycles. The standard InChI is InChI=1S/C23H35N5O/c1-18(2)28-17-24-22-16-20(7-8-21(22)23(28)29)27-14-12-26(13-15-27)11-9-19-6-4-5-10-25(19)3/h7-8,16-19H,4-6,9-15H2,1-3H3. The topological polar surface area (TPSA) is 44.6 Å². The summed E-state index contributed by atoms with van der Waals surface area (Å²) in [6.07, 6.45) is 7.08.